The molecule has 0 saturated carbocycles. The molecule has 5 nitrogen and oxygen atoms in total. The van der Waals surface area contributed by atoms with E-state index in [1.165, 1.54) is 9.75 Å². The average Bonchev–Trinajstić information content (AvgIpc) is 3.19. The molecule has 0 unspecified atom stereocenters. The van der Waals surface area contributed by atoms with E-state index in [4.69, 9.17) is 4.74 Å². The summed E-state index contributed by atoms with van der Waals surface area (Å²) >= 11 is 1.82. The third-order valence-electron chi connectivity index (χ3n) is 4.62. The Kier molecular flexibility index (Phi) is 10.2. The molecule has 2 heterocycles. The van der Waals surface area contributed by atoms with Crippen LogP contribution in [0.4, 0.5) is 10.1 Å². The van der Waals surface area contributed by atoms with Crippen LogP contribution in [0.5, 0.6) is 0 Å². The van der Waals surface area contributed by atoms with Crippen LogP contribution >= 0.6 is 35.3 Å². The van der Waals surface area contributed by atoms with Crippen LogP contribution in [0.1, 0.15) is 29.2 Å². The standard InChI is InChI=1S/C21H29FN4OS.HI/c1-3-17-6-7-18(28-17)15-25-21(23-4-2)24-14-16-5-8-20(19(22)13-16)26-9-11-27-12-10-26;/h5-8,13H,3-4,9-12,14-15H2,1-2H3,(H2,23,24,25);1H. The van der Waals surface area contributed by atoms with Gasteiger partial charge < -0.3 is 20.3 Å². The summed E-state index contributed by atoms with van der Waals surface area (Å²) in [5, 5.41) is 6.61. The molecule has 1 aliphatic heterocycles. The molecule has 1 aliphatic rings. The number of hydrogen-bond donors (Lipinski definition) is 2. The lowest BCUT2D eigenvalue weighted by molar-refractivity contribution is 0.122. The normalized spacial score (nSPS) is 14.4. The minimum Gasteiger partial charge on any atom is -0.378 e. The Morgan fingerprint density at radius 1 is 1.14 bits per heavy atom. The minimum atomic E-state index is -0.196. The number of anilines is 1. The van der Waals surface area contributed by atoms with Gasteiger partial charge in [0.2, 0.25) is 0 Å². The lowest BCUT2D eigenvalue weighted by atomic mass is 10.1. The number of hydrogen-bond acceptors (Lipinski definition) is 4. The van der Waals surface area contributed by atoms with Gasteiger partial charge in [-0.3, -0.25) is 0 Å². The summed E-state index contributed by atoms with van der Waals surface area (Å²) in [6, 6.07) is 9.71. The van der Waals surface area contributed by atoms with E-state index in [9.17, 15) is 4.39 Å². The van der Waals surface area contributed by atoms with Gasteiger partial charge in [0, 0.05) is 29.4 Å². The highest BCUT2D eigenvalue weighted by atomic mass is 127. The van der Waals surface area contributed by atoms with Crippen molar-refractivity contribution in [1.82, 2.24) is 10.6 Å². The molecular formula is C21H30FIN4OS. The SMILES string of the molecule is CCNC(=NCc1ccc(N2CCOCC2)c(F)c1)NCc1ccc(CC)s1.I. The van der Waals surface area contributed by atoms with E-state index in [0.29, 0.717) is 25.4 Å². The first kappa shape index (κ1) is 23.9. The lowest BCUT2D eigenvalue weighted by Gasteiger charge is -2.29. The van der Waals surface area contributed by atoms with Crippen LogP contribution in [0.25, 0.3) is 0 Å². The number of thiophene rings is 1. The molecule has 0 radical (unpaired) electrons. The van der Waals surface area contributed by atoms with Crippen molar-refractivity contribution in [2.75, 3.05) is 37.7 Å². The third kappa shape index (κ3) is 7.11. The fraction of sp³-hybridized carbons (Fsp3) is 0.476. The van der Waals surface area contributed by atoms with E-state index < -0.39 is 0 Å². The maximum Gasteiger partial charge on any atom is 0.191 e. The number of benzene rings is 1. The van der Waals surface area contributed by atoms with Crippen LogP contribution < -0.4 is 15.5 Å². The van der Waals surface area contributed by atoms with Gasteiger partial charge >= 0.3 is 0 Å². The van der Waals surface area contributed by atoms with Crippen molar-refractivity contribution in [3.05, 3.63) is 51.5 Å². The van der Waals surface area contributed by atoms with Crippen molar-refractivity contribution in [3.8, 4) is 0 Å². The van der Waals surface area contributed by atoms with Crippen molar-refractivity contribution < 1.29 is 9.13 Å². The summed E-state index contributed by atoms with van der Waals surface area (Å²) in [6.45, 7) is 8.89. The zero-order chi connectivity index (χ0) is 19.8. The Morgan fingerprint density at radius 2 is 1.90 bits per heavy atom. The van der Waals surface area contributed by atoms with Gasteiger partial charge in [-0.05, 0) is 43.2 Å². The van der Waals surface area contributed by atoms with Gasteiger partial charge in [-0.2, -0.15) is 0 Å². The van der Waals surface area contributed by atoms with Crippen LogP contribution in [-0.2, 0) is 24.2 Å². The third-order valence-corrected chi connectivity index (χ3v) is 5.85. The Bertz CT molecular complexity index is 793. The van der Waals surface area contributed by atoms with E-state index in [2.05, 4.69) is 34.7 Å². The van der Waals surface area contributed by atoms with Gasteiger partial charge in [-0.15, -0.1) is 35.3 Å². The molecule has 2 aromatic rings. The minimum absolute atomic E-state index is 0. The summed E-state index contributed by atoms with van der Waals surface area (Å²) < 4.78 is 19.9. The highest BCUT2D eigenvalue weighted by molar-refractivity contribution is 14.0. The Labute approximate surface area is 193 Å². The number of morpholine rings is 1. The zero-order valence-corrected chi connectivity index (χ0v) is 20.2. The monoisotopic (exact) mass is 532 g/mol. The van der Waals surface area contributed by atoms with E-state index in [0.717, 1.165) is 44.1 Å². The molecular weight excluding hydrogens is 502 g/mol. The highest BCUT2D eigenvalue weighted by Crippen LogP contribution is 2.22. The van der Waals surface area contributed by atoms with Crippen LogP contribution in [0.2, 0.25) is 0 Å². The van der Waals surface area contributed by atoms with Gasteiger partial charge in [0.15, 0.2) is 5.96 Å². The number of aliphatic imine (C=N–C) groups is 1. The van der Waals surface area contributed by atoms with Crippen LogP contribution in [0.15, 0.2) is 35.3 Å². The first-order chi connectivity index (χ1) is 13.7. The summed E-state index contributed by atoms with van der Waals surface area (Å²) in [4.78, 5) is 9.30. The Balaban J connectivity index is 0.00000300. The summed E-state index contributed by atoms with van der Waals surface area (Å²) in [5.74, 6) is 0.546. The highest BCUT2D eigenvalue weighted by Gasteiger charge is 2.15. The maximum absolute atomic E-state index is 14.6. The Hall–Kier alpha value is -1.39. The lowest BCUT2D eigenvalue weighted by Crippen LogP contribution is -2.37. The molecule has 3 rings (SSSR count). The molecule has 0 atom stereocenters. The fourth-order valence-electron chi connectivity index (χ4n) is 3.10. The van der Waals surface area contributed by atoms with Crippen molar-refractivity contribution in [3.63, 3.8) is 0 Å². The number of nitrogens with one attached hydrogen (secondary N) is 2. The van der Waals surface area contributed by atoms with Gasteiger partial charge in [0.1, 0.15) is 5.82 Å². The molecule has 0 spiro atoms. The molecule has 1 aromatic heterocycles. The fourth-order valence-corrected chi connectivity index (χ4v) is 4.00. The number of halogens is 2. The van der Waals surface area contributed by atoms with Crippen LogP contribution in [0.3, 0.4) is 0 Å². The number of guanidine groups is 1. The van der Waals surface area contributed by atoms with E-state index in [-0.39, 0.29) is 29.8 Å². The van der Waals surface area contributed by atoms with Crippen molar-refractivity contribution in [2.45, 2.75) is 33.4 Å². The smallest absolute Gasteiger partial charge is 0.191 e. The van der Waals surface area contributed by atoms with E-state index in [1.54, 1.807) is 6.07 Å². The molecule has 0 amide bonds. The van der Waals surface area contributed by atoms with Crippen molar-refractivity contribution in [1.29, 1.82) is 0 Å². The Morgan fingerprint density at radius 3 is 2.55 bits per heavy atom. The van der Waals surface area contributed by atoms with Gasteiger partial charge in [-0.25, -0.2) is 9.38 Å². The summed E-state index contributed by atoms with van der Waals surface area (Å²) in [6.07, 6.45) is 1.06. The number of nitrogens with zero attached hydrogens (tertiary/aromatic N) is 2. The molecule has 0 aliphatic carbocycles. The molecule has 8 heteroatoms. The number of ether oxygens (including phenoxy) is 1. The summed E-state index contributed by atoms with van der Waals surface area (Å²) in [5.41, 5.74) is 1.50. The molecule has 1 saturated heterocycles. The average molecular weight is 532 g/mol. The molecule has 1 aromatic carbocycles. The predicted molar refractivity (Wildman–Crippen MR) is 130 cm³/mol. The number of aryl methyl sites for hydroxylation is 1. The first-order valence-electron chi connectivity index (χ1n) is 9.90. The number of rotatable bonds is 7. The largest absolute Gasteiger partial charge is 0.378 e. The quantitative estimate of drug-likeness (QED) is 0.320. The van der Waals surface area contributed by atoms with Crippen LogP contribution in [0, 0.1) is 5.82 Å². The second-order valence-corrected chi connectivity index (χ2v) is 7.91. The molecule has 2 N–H and O–H groups in total. The topological polar surface area (TPSA) is 48.9 Å². The summed E-state index contributed by atoms with van der Waals surface area (Å²) in [7, 11) is 0. The second kappa shape index (κ2) is 12.3. The molecule has 29 heavy (non-hydrogen) atoms. The van der Waals surface area contributed by atoms with E-state index in [1.807, 2.05) is 35.3 Å². The molecule has 1 fully saturated rings. The maximum atomic E-state index is 14.6. The van der Waals surface area contributed by atoms with Gasteiger partial charge in [0.25, 0.3) is 0 Å². The second-order valence-electron chi connectivity index (χ2n) is 6.66. The van der Waals surface area contributed by atoms with Crippen LogP contribution in [-0.4, -0.2) is 38.8 Å². The molecule has 0 bridgehead atoms. The molecule has 160 valence electrons. The van der Waals surface area contributed by atoms with Gasteiger partial charge in [-0.1, -0.05) is 13.0 Å². The first-order valence-corrected chi connectivity index (χ1v) is 10.7. The van der Waals surface area contributed by atoms with Crippen molar-refractivity contribution >= 4 is 47.0 Å². The van der Waals surface area contributed by atoms with Gasteiger partial charge in [0.05, 0.1) is 32.0 Å². The predicted octanol–water partition coefficient (Wildman–Crippen LogP) is 4.16. The van der Waals surface area contributed by atoms with E-state index >= 15 is 0 Å². The van der Waals surface area contributed by atoms with Crippen molar-refractivity contribution in [2.24, 2.45) is 4.99 Å². The zero-order valence-electron chi connectivity index (χ0n) is 17.0.